The average molecular weight is 215 g/mol. The Bertz CT molecular complexity index is 201. The summed E-state index contributed by atoms with van der Waals surface area (Å²) in [6.07, 6.45) is 0.520. The number of nitrogens with one attached hydrogen (secondary N) is 1. The fourth-order valence-corrected chi connectivity index (χ4v) is 1.49. The zero-order valence-corrected chi connectivity index (χ0v) is 9.57. The van der Waals surface area contributed by atoms with Gasteiger partial charge in [-0.15, -0.1) is 0 Å². The Morgan fingerprint density at radius 1 is 1.40 bits per heavy atom. The van der Waals surface area contributed by atoms with Gasteiger partial charge in [-0.05, 0) is 20.4 Å². The molecule has 0 spiro atoms. The highest BCUT2D eigenvalue weighted by Crippen LogP contribution is 1.98. The van der Waals surface area contributed by atoms with E-state index in [1.165, 1.54) is 0 Å². The molecule has 5 heteroatoms. The van der Waals surface area contributed by atoms with Crippen LogP contribution in [0.15, 0.2) is 0 Å². The first-order chi connectivity index (χ1) is 7.08. The quantitative estimate of drug-likeness (QED) is 0.659. The van der Waals surface area contributed by atoms with Crippen LogP contribution in [-0.2, 0) is 4.79 Å². The highest BCUT2D eigenvalue weighted by molar-refractivity contribution is 5.75. The summed E-state index contributed by atoms with van der Waals surface area (Å²) in [5, 5.41) is 11.0. The van der Waals surface area contributed by atoms with Gasteiger partial charge in [0.15, 0.2) is 0 Å². The number of amides is 1. The van der Waals surface area contributed by atoms with Crippen LogP contribution in [-0.4, -0.2) is 60.3 Å². The van der Waals surface area contributed by atoms with Gasteiger partial charge in [0, 0.05) is 32.6 Å². The van der Waals surface area contributed by atoms with Crippen LogP contribution < -0.4 is 5.43 Å². The molecule has 1 heterocycles. The molecule has 1 aliphatic rings. The molecule has 1 amide bonds. The maximum Gasteiger partial charge on any atom is 0.234 e. The van der Waals surface area contributed by atoms with Crippen molar-refractivity contribution in [1.29, 1.82) is 0 Å². The lowest BCUT2D eigenvalue weighted by atomic mass is 10.2. The van der Waals surface area contributed by atoms with E-state index in [4.69, 9.17) is 5.11 Å². The number of rotatable bonds is 4. The van der Waals surface area contributed by atoms with Crippen LogP contribution >= 0.6 is 0 Å². The topological polar surface area (TPSA) is 55.8 Å². The van der Waals surface area contributed by atoms with Gasteiger partial charge in [-0.25, -0.2) is 5.01 Å². The molecule has 15 heavy (non-hydrogen) atoms. The van der Waals surface area contributed by atoms with Crippen molar-refractivity contribution in [2.24, 2.45) is 0 Å². The summed E-state index contributed by atoms with van der Waals surface area (Å²) in [5.41, 5.74) is 2.85. The highest BCUT2D eigenvalue weighted by atomic mass is 16.3. The van der Waals surface area contributed by atoms with E-state index in [0.717, 1.165) is 26.2 Å². The Hall–Kier alpha value is -0.650. The Labute approximate surface area is 91.0 Å². The van der Waals surface area contributed by atoms with E-state index in [9.17, 15) is 4.79 Å². The number of hydrogen-bond donors (Lipinski definition) is 2. The molecule has 1 rings (SSSR count). The van der Waals surface area contributed by atoms with Crippen molar-refractivity contribution in [3.05, 3.63) is 0 Å². The molecule has 0 aliphatic carbocycles. The molecule has 1 aliphatic heterocycles. The molecule has 2 N–H and O–H groups in total. The van der Waals surface area contributed by atoms with Crippen molar-refractivity contribution in [3.8, 4) is 0 Å². The Morgan fingerprint density at radius 2 is 2.00 bits per heavy atom. The second kappa shape index (κ2) is 6.05. The van der Waals surface area contributed by atoms with E-state index in [1.807, 2.05) is 5.01 Å². The summed E-state index contributed by atoms with van der Waals surface area (Å²) < 4.78 is 0. The maximum atomic E-state index is 11.4. The van der Waals surface area contributed by atoms with Gasteiger partial charge in [0.25, 0.3) is 0 Å². The second-order valence-electron chi connectivity index (χ2n) is 4.21. The molecule has 0 bridgehead atoms. The molecule has 1 fully saturated rings. The van der Waals surface area contributed by atoms with Crippen molar-refractivity contribution in [1.82, 2.24) is 15.3 Å². The van der Waals surface area contributed by atoms with Crippen molar-refractivity contribution in [2.45, 2.75) is 25.9 Å². The fourth-order valence-electron chi connectivity index (χ4n) is 1.49. The molecule has 5 nitrogen and oxygen atoms in total. The predicted molar refractivity (Wildman–Crippen MR) is 58.1 cm³/mol. The Kier molecular flexibility index (Phi) is 5.01. The summed E-state index contributed by atoms with van der Waals surface area (Å²) in [5.74, 6) is 0.000420. The van der Waals surface area contributed by atoms with Gasteiger partial charge in [0.05, 0.1) is 6.10 Å². The summed E-state index contributed by atoms with van der Waals surface area (Å²) >= 11 is 0. The Balaban J connectivity index is 2.15. The lowest BCUT2D eigenvalue weighted by Gasteiger charge is -2.32. The number of nitrogens with zero attached hydrogens (tertiary/aromatic N) is 2. The molecule has 0 aromatic rings. The minimum Gasteiger partial charge on any atom is -0.393 e. The van der Waals surface area contributed by atoms with E-state index >= 15 is 0 Å². The van der Waals surface area contributed by atoms with E-state index in [1.54, 1.807) is 6.92 Å². The number of hydrazine groups is 1. The van der Waals surface area contributed by atoms with Crippen LogP contribution in [0.1, 0.15) is 19.8 Å². The lowest BCUT2D eigenvalue weighted by Crippen LogP contribution is -2.52. The van der Waals surface area contributed by atoms with Crippen molar-refractivity contribution < 1.29 is 9.90 Å². The average Bonchev–Trinajstić information content (AvgIpc) is 2.19. The zero-order valence-electron chi connectivity index (χ0n) is 9.57. The Morgan fingerprint density at radius 3 is 2.53 bits per heavy atom. The molecule has 0 aromatic carbocycles. The number of aliphatic hydroxyl groups excluding tert-OH is 1. The number of carbonyl (C=O) groups is 1. The molecule has 1 saturated heterocycles. The number of carbonyl (C=O) groups excluding carboxylic acids is 1. The molecule has 0 radical (unpaired) electrons. The van der Waals surface area contributed by atoms with E-state index in [2.05, 4.69) is 17.4 Å². The van der Waals surface area contributed by atoms with Crippen LogP contribution in [0.2, 0.25) is 0 Å². The predicted octanol–water partition coefficient (Wildman–Crippen LogP) is -0.574. The van der Waals surface area contributed by atoms with Crippen LogP contribution in [0.5, 0.6) is 0 Å². The monoisotopic (exact) mass is 215 g/mol. The van der Waals surface area contributed by atoms with E-state index < -0.39 is 6.10 Å². The lowest BCUT2D eigenvalue weighted by molar-refractivity contribution is -0.127. The first-order valence-electron chi connectivity index (χ1n) is 5.49. The van der Waals surface area contributed by atoms with Gasteiger partial charge in [-0.3, -0.25) is 10.2 Å². The molecule has 0 aromatic heterocycles. The standard InChI is InChI=1S/C10H21N3O2/c1-9(14)3-4-10(15)11-13-7-5-12(2)6-8-13/h9,14H,3-8H2,1-2H3,(H,11,15). The van der Waals surface area contributed by atoms with Gasteiger partial charge in [0.1, 0.15) is 0 Å². The van der Waals surface area contributed by atoms with E-state index in [0.29, 0.717) is 12.8 Å². The first kappa shape index (κ1) is 12.4. The molecule has 1 atom stereocenters. The van der Waals surface area contributed by atoms with Gasteiger partial charge in [0.2, 0.25) is 5.91 Å². The molecular formula is C10H21N3O2. The summed E-state index contributed by atoms with van der Waals surface area (Å²) in [6, 6.07) is 0. The van der Waals surface area contributed by atoms with Crippen molar-refractivity contribution in [3.63, 3.8) is 0 Å². The van der Waals surface area contributed by atoms with Gasteiger partial charge in [-0.1, -0.05) is 0 Å². The third-order valence-electron chi connectivity index (χ3n) is 2.58. The van der Waals surface area contributed by atoms with Gasteiger partial charge >= 0.3 is 0 Å². The molecule has 1 unspecified atom stereocenters. The molecular weight excluding hydrogens is 194 g/mol. The minimum atomic E-state index is -0.400. The number of hydrogen-bond acceptors (Lipinski definition) is 4. The highest BCUT2D eigenvalue weighted by Gasteiger charge is 2.15. The van der Waals surface area contributed by atoms with Crippen molar-refractivity contribution >= 4 is 5.91 Å². The van der Waals surface area contributed by atoms with Crippen molar-refractivity contribution in [2.75, 3.05) is 33.2 Å². The third-order valence-corrected chi connectivity index (χ3v) is 2.58. The summed E-state index contributed by atoms with van der Waals surface area (Å²) in [4.78, 5) is 13.7. The van der Waals surface area contributed by atoms with Crippen LogP contribution in [0.3, 0.4) is 0 Å². The van der Waals surface area contributed by atoms with Crippen LogP contribution in [0.4, 0.5) is 0 Å². The molecule has 0 saturated carbocycles. The minimum absolute atomic E-state index is 0.000420. The van der Waals surface area contributed by atoms with Gasteiger partial charge < -0.3 is 10.0 Å². The first-order valence-corrected chi connectivity index (χ1v) is 5.49. The summed E-state index contributed by atoms with van der Waals surface area (Å²) in [7, 11) is 2.08. The van der Waals surface area contributed by atoms with Crippen LogP contribution in [0.25, 0.3) is 0 Å². The molecule has 88 valence electrons. The SMILES string of the molecule is CC(O)CCC(=O)NN1CCN(C)CC1. The number of likely N-dealkylation sites (N-methyl/N-ethyl adjacent to an activating group) is 1. The van der Waals surface area contributed by atoms with Crippen LogP contribution in [0, 0.1) is 0 Å². The normalized spacial score (nSPS) is 21.3. The third kappa shape index (κ3) is 5.11. The smallest absolute Gasteiger partial charge is 0.234 e. The van der Waals surface area contributed by atoms with E-state index in [-0.39, 0.29) is 5.91 Å². The fraction of sp³-hybridized carbons (Fsp3) is 0.900. The van der Waals surface area contributed by atoms with Gasteiger partial charge in [-0.2, -0.15) is 0 Å². The number of piperazine rings is 1. The maximum absolute atomic E-state index is 11.4. The second-order valence-corrected chi connectivity index (χ2v) is 4.21. The zero-order chi connectivity index (χ0) is 11.3. The number of aliphatic hydroxyl groups is 1. The largest absolute Gasteiger partial charge is 0.393 e. The summed E-state index contributed by atoms with van der Waals surface area (Å²) in [6.45, 7) is 5.41.